The van der Waals surface area contributed by atoms with Crippen LogP contribution in [-0.4, -0.2) is 39.9 Å². The van der Waals surface area contributed by atoms with E-state index in [1.54, 1.807) is 21.8 Å². The molecular weight excluding hydrogens is 384 g/mol. The van der Waals surface area contributed by atoms with Gasteiger partial charge >= 0.3 is 0 Å². The molecule has 3 aromatic rings. The minimum atomic E-state index is -0.104. The molecule has 1 saturated heterocycles. The molecule has 3 heterocycles. The topological polar surface area (TPSA) is 60.2 Å². The number of hydrogen-bond acceptors (Lipinski definition) is 5. The van der Waals surface area contributed by atoms with Crippen molar-refractivity contribution < 1.29 is 9.53 Å². The van der Waals surface area contributed by atoms with Crippen molar-refractivity contribution in [2.75, 3.05) is 18.1 Å². The van der Waals surface area contributed by atoms with Crippen molar-refractivity contribution in [1.82, 2.24) is 14.8 Å². The molecule has 1 aliphatic heterocycles. The van der Waals surface area contributed by atoms with Gasteiger partial charge in [-0.2, -0.15) is 5.10 Å². The van der Waals surface area contributed by atoms with Crippen LogP contribution in [0.1, 0.15) is 35.8 Å². The summed E-state index contributed by atoms with van der Waals surface area (Å²) in [5.41, 5.74) is 2.33. The maximum Gasteiger partial charge on any atom is 0.278 e. The van der Waals surface area contributed by atoms with Crippen molar-refractivity contribution >= 4 is 44.2 Å². The Kier molecular flexibility index (Phi) is 5.16. The van der Waals surface area contributed by atoms with Gasteiger partial charge < -0.3 is 4.74 Å². The summed E-state index contributed by atoms with van der Waals surface area (Å²) in [6, 6.07) is 5.58. The monoisotopic (exact) mass is 404 g/mol. The Morgan fingerprint density at radius 1 is 1.44 bits per heavy atom. The Bertz CT molecular complexity index is 977. The predicted octanol–water partition coefficient (Wildman–Crippen LogP) is 4.30. The average Bonchev–Trinajstić information content (AvgIpc) is 3.42. The van der Waals surface area contributed by atoms with Crippen molar-refractivity contribution in [3.63, 3.8) is 0 Å². The summed E-state index contributed by atoms with van der Waals surface area (Å²) in [7, 11) is 0. The van der Waals surface area contributed by atoms with E-state index in [4.69, 9.17) is 21.3 Å². The van der Waals surface area contributed by atoms with E-state index in [1.807, 2.05) is 26.0 Å². The lowest BCUT2D eigenvalue weighted by Gasteiger charge is -2.23. The lowest BCUT2D eigenvalue weighted by atomic mass is 10.2. The molecule has 2 aromatic heterocycles. The molecule has 27 heavy (non-hydrogen) atoms. The van der Waals surface area contributed by atoms with Crippen LogP contribution in [-0.2, 0) is 11.3 Å². The molecule has 1 aromatic carbocycles. The number of benzene rings is 1. The Hall–Kier alpha value is -1.96. The number of aromatic nitrogens is 3. The van der Waals surface area contributed by atoms with Crippen molar-refractivity contribution in [3.05, 3.63) is 40.7 Å². The summed E-state index contributed by atoms with van der Waals surface area (Å²) >= 11 is 7.75. The van der Waals surface area contributed by atoms with Crippen LogP contribution in [0.25, 0.3) is 10.2 Å². The Balaban J connectivity index is 1.75. The number of anilines is 1. The minimum Gasteiger partial charge on any atom is -0.376 e. The van der Waals surface area contributed by atoms with Crippen LogP contribution in [0.3, 0.4) is 0 Å². The smallest absolute Gasteiger partial charge is 0.278 e. The van der Waals surface area contributed by atoms with Crippen LogP contribution in [0.5, 0.6) is 0 Å². The Morgan fingerprint density at radius 3 is 3.04 bits per heavy atom. The lowest BCUT2D eigenvalue weighted by Crippen LogP contribution is -2.38. The Labute approximate surface area is 166 Å². The van der Waals surface area contributed by atoms with Gasteiger partial charge in [-0.05, 0) is 50.5 Å². The quantitative estimate of drug-likeness (QED) is 0.636. The van der Waals surface area contributed by atoms with Crippen LogP contribution in [0.2, 0.25) is 5.02 Å². The van der Waals surface area contributed by atoms with Gasteiger partial charge in [0.15, 0.2) is 5.13 Å². The fourth-order valence-electron chi connectivity index (χ4n) is 3.35. The number of hydrogen-bond donors (Lipinski definition) is 0. The van der Waals surface area contributed by atoms with Gasteiger partial charge in [0.1, 0.15) is 5.69 Å². The second kappa shape index (κ2) is 7.58. The van der Waals surface area contributed by atoms with E-state index >= 15 is 0 Å². The summed E-state index contributed by atoms with van der Waals surface area (Å²) < 4.78 is 8.51. The van der Waals surface area contributed by atoms with Gasteiger partial charge in [-0.15, -0.1) is 0 Å². The van der Waals surface area contributed by atoms with E-state index in [2.05, 4.69) is 5.10 Å². The molecule has 0 bridgehead atoms. The predicted molar refractivity (Wildman–Crippen MR) is 108 cm³/mol. The zero-order chi connectivity index (χ0) is 19.0. The summed E-state index contributed by atoms with van der Waals surface area (Å²) in [4.78, 5) is 19.8. The van der Waals surface area contributed by atoms with E-state index in [0.717, 1.165) is 35.2 Å². The molecule has 4 rings (SSSR count). The van der Waals surface area contributed by atoms with Crippen molar-refractivity contribution in [1.29, 1.82) is 0 Å². The van der Waals surface area contributed by atoms with E-state index < -0.39 is 0 Å². The maximum absolute atomic E-state index is 13.4. The fraction of sp³-hybridized carbons (Fsp3) is 0.421. The van der Waals surface area contributed by atoms with E-state index in [0.29, 0.717) is 28.9 Å². The highest BCUT2D eigenvalue weighted by atomic mass is 35.5. The first-order valence-corrected chi connectivity index (χ1v) is 10.3. The second-order valence-corrected chi connectivity index (χ2v) is 8.01. The summed E-state index contributed by atoms with van der Waals surface area (Å²) in [5, 5.41) is 5.58. The van der Waals surface area contributed by atoms with Crippen LogP contribution in [0, 0.1) is 6.92 Å². The first-order chi connectivity index (χ1) is 13.1. The molecule has 0 radical (unpaired) electrons. The number of fused-ring (bicyclic) bond motifs is 1. The molecular formula is C19H21ClN4O2S. The van der Waals surface area contributed by atoms with Crippen LogP contribution < -0.4 is 4.90 Å². The van der Waals surface area contributed by atoms with Gasteiger partial charge in [-0.3, -0.25) is 14.4 Å². The largest absolute Gasteiger partial charge is 0.376 e. The third kappa shape index (κ3) is 3.47. The van der Waals surface area contributed by atoms with Crippen molar-refractivity contribution in [2.45, 2.75) is 39.3 Å². The number of ether oxygens (including phenoxy) is 1. The highest BCUT2D eigenvalue weighted by molar-refractivity contribution is 7.22. The summed E-state index contributed by atoms with van der Waals surface area (Å²) in [6.45, 7) is 5.79. The molecule has 1 fully saturated rings. The third-order valence-electron chi connectivity index (χ3n) is 4.86. The SMILES string of the molecule is CCn1nccc1C(=O)N(CC1CCCO1)c1nc2c(C)c(Cl)ccc2s1. The van der Waals surface area contributed by atoms with Gasteiger partial charge in [-0.1, -0.05) is 22.9 Å². The molecule has 8 heteroatoms. The zero-order valence-corrected chi connectivity index (χ0v) is 16.9. The molecule has 0 saturated carbocycles. The number of nitrogens with zero attached hydrogens (tertiary/aromatic N) is 4. The van der Waals surface area contributed by atoms with Crippen molar-refractivity contribution in [3.8, 4) is 0 Å². The minimum absolute atomic E-state index is 0.0312. The molecule has 142 valence electrons. The molecule has 0 spiro atoms. The van der Waals surface area contributed by atoms with E-state index in [1.165, 1.54) is 11.3 Å². The second-order valence-electron chi connectivity index (χ2n) is 6.60. The normalized spacial score (nSPS) is 16.9. The number of carbonyl (C=O) groups is 1. The lowest BCUT2D eigenvalue weighted by molar-refractivity contribution is 0.0908. The highest BCUT2D eigenvalue weighted by Crippen LogP contribution is 2.34. The molecule has 0 N–H and O–H groups in total. The standard InChI is InChI=1S/C19H21ClN4O2S/c1-3-24-15(8-9-21-24)18(25)23(11-13-5-4-10-26-13)19-22-17-12(2)14(20)6-7-16(17)27-19/h6-9,13H,3-5,10-11H2,1-2H3. The Morgan fingerprint density at radius 2 is 2.30 bits per heavy atom. The van der Waals surface area contributed by atoms with Gasteiger partial charge in [0.25, 0.3) is 5.91 Å². The highest BCUT2D eigenvalue weighted by Gasteiger charge is 2.28. The summed E-state index contributed by atoms with van der Waals surface area (Å²) in [6.07, 6.45) is 3.66. The fourth-order valence-corrected chi connectivity index (χ4v) is 4.53. The number of carbonyl (C=O) groups excluding carboxylic acids is 1. The number of halogens is 1. The van der Waals surface area contributed by atoms with Gasteiger partial charge in [0, 0.05) is 24.4 Å². The molecule has 1 amide bonds. The number of rotatable bonds is 5. The van der Waals surface area contributed by atoms with Crippen LogP contribution >= 0.6 is 22.9 Å². The zero-order valence-electron chi connectivity index (χ0n) is 15.3. The molecule has 1 aliphatic rings. The molecule has 6 nitrogen and oxygen atoms in total. The average molecular weight is 405 g/mol. The first-order valence-electron chi connectivity index (χ1n) is 9.09. The first kappa shape index (κ1) is 18.4. The van der Waals surface area contributed by atoms with E-state index in [-0.39, 0.29) is 12.0 Å². The van der Waals surface area contributed by atoms with Gasteiger partial charge in [0.2, 0.25) is 0 Å². The number of aryl methyl sites for hydroxylation is 2. The van der Waals surface area contributed by atoms with E-state index in [9.17, 15) is 4.79 Å². The number of thiazole rings is 1. The van der Waals surface area contributed by atoms with Gasteiger partial charge in [-0.25, -0.2) is 4.98 Å². The molecule has 0 aliphatic carbocycles. The maximum atomic E-state index is 13.4. The number of amides is 1. The van der Waals surface area contributed by atoms with Gasteiger partial charge in [0.05, 0.1) is 22.9 Å². The van der Waals surface area contributed by atoms with Crippen LogP contribution in [0.4, 0.5) is 5.13 Å². The third-order valence-corrected chi connectivity index (χ3v) is 6.31. The molecule has 1 unspecified atom stereocenters. The summed E-state index contributed by atoms with van der Waals surface area (Å²) in [5.74, 6) is -0.104. The van der Waals surface area contributed by atoms with Crippen LogP contribution in [0.15, 0.2) is 24.4 Å². The molecule has 1 atom stereocenters. The van der Waals surface area contributed by atoms with Crippen molar-refractivity contribution in [2.24, 2.45) is 0 Å².